The minimum atomic E-state index is -0.657. The van der Waals surface area contributed by atoms with Gasteiger partial charge in [-0.15, -0.1) is 0 Å². The zero-order chi connectivity index (χ0) is 15.8. The maximum absolute atomic E-state index is 11.6. The smallest absolute Gasteiger partial charge is 0.326 e. The van der Waals surface area contributed by atoms with Crippen LogP contribution in [0.15, 0.2) is 18.2 Å². The van der Waals surface area contributed by atoms with Gasteiger partial charge in [0.15, 0.2) is 5.75 Å². The van der Waals surface area contributed by atoms with Crippen LogP contribution in [0.1, 0.15) is 18.9 Å². The number of esters is 1. The Kier molecular flexibility index (Phi) is 6.61. The number of nitrogens with one attached hydrogen (secondary N) is 1. The molecule has 1 aromatic rings. The fourth-order valence-corrected chi connectivity index (χ4v) is 1.83. The summed E-state index contributed by atoms with van der Waals surface area (Å²) < 4.78 is 10.1. The molecule has 0 bridgehead atoms. The fourth-order valence-electron chi connectivity index (χ4n) is 1.83. The van der Waals surface area contributed by atoms with E-state index in [9.17, 15) is 14.9 Å². The molecule has 7 nitrogen and oxygen atoms in total. The minimum Gasteiger partial charge on any atom is -0.485 e. The van der Waals surface area contributed by atoms with Crippen LogP contribution in [0.4, 0.5) is 5.69 Å². The molecule has 1 unspecified atom stereocenters. The summed E-state index contributed by atoms with van der Waals surface area (Å²) in [6.07, 6.45) is 0.845. The third-order valence-corrected chi connectivity index (χ3v) is 2.92. The van der Waals surface area contributed by atoms with Gasteiger partial charge in [-0.05, 0) is 26.0 Å². The number of nitrogens with zero attached hydrogens (tertiary/aromatic N) is 1. The summed E-state index contributed by atoms with van der Waals surface area (Å²) in [7, 11) is 1.29. The van der Waals surface area contributed by atoms with E-state index in [0.29, 0.717) is 12.1 Å². The number of carbonyl (C=O) groups excluding carboxylic acids is 1. The molecule has 1 atom stereocenters. The van der Waals surface area contributed by atoms with Crippen molar-refractivity contribution in [1.29, 1.82) is 0 Å². The number of aryl methyl sites for hydroxylation is 1. The predicted molar refractivity (Wildman–Crippen MR) is 77.4 cm³/mol. The number of rotatable bonds is 8. The average molecular weight is 296 g/mol. The highest BCUT2D eigenvalue weighted by atomic mass is 16.6. The van der Waals surface area contributed by atoms with E-state index < -0.39 is 16.9 Å². The first kappa shape index (κ1) is 16.9. The molecule has 0 fully saturated rings. The molecule has 0 saturated heterocycles. The second-order valence-electron chi connectivity index (χ2n) is 4.52. The third kappa shape index (κ3) is 4.71. The number of nitro groups is 1. The van der Waals surface area contributed by atoms with Crippen molar-refractivity contribution in [2.45, 2.75) is 26.3 Å². The molecule has 21 heavy (non-hydrogen) atoms. The summed E-state index contributed by atoms with van der Waals surface area (Å²) in [4.78, 5) is 22.2. The lowest BCUT2D eigenvalue weighted by Crippen LogP contribution is -2.42. The minimum absolute atomic E-state index is 0.0308. The van der Waals surface area contributed by atoms with Gasteiger partial charge in [0.25, 0.3) is 0 Å². The lowest BCUT2D eigenvalue weighted by atomic mass is 10.2. The molecule has 0 amide bonds. The Morgan fingerprint density at radius 3 is 2.76 bits per heavy atom. The highest BCUT2D eigenvalue weighted by Gasteiger charge is 2.23. The summed E-state index contributed by atoms with van der Waals surface area (Å²) in [6.45, 7) is 4.20. The van der Waals surface area contributed by atoms with E-state index in [1.54, 1.807) is 19.1 Å². The maximum atomic E-state index is 11.6. The Bertz CT molecular complexity index is 504. The Morgan fingerprint density at radius 1 is 1.48 bits per heavy atom. The van der Waals surface area contributed by atoms with Crippen LogP contribution in [0.5, 0.6) is 5.75 Å². The van der Waals surface area contributed by atoms with Crippen LogP contribution in [0.25, 0.3) is 0 Å². The molecule has 0 aromatic heterocycles. The van der Waals surface area contributed by atoms with E-state index in [4.69, 9.17) is 4.74 Å². The molecule has 0 aliphatic carbocycles. The molecule has 0 radical (unpaired) electrons. The average Bonchev–Trinajstić information content (AvgIpc) is 2.46. The predicted octanol–water partition coefficient (Wildman–Crippen LogP) is 1.82. The van der Waals surface area contributed by atoms with Gasteiger partial charge in [-0.2, -0.15) is 0 Å². The van der Waals surface area contributed by atoms with Crippen molar-refractivity contribution in [2.75, 3.05) is 20.3 Å². The fraction of sp³-hybridized carbons (Fsp3) is 0.500. The van der Waals surface area contributed by atoms with Gasteiger partial charge in [-0.25, -0.2) is 0 Å². The van der Waals surface area contributed by atoms with Crippen LogP contribution in [0, 0.1) is 17.0 Å². The van der Waals surface area contributed by atoms with E-state index in [1.807, 2.05) is 6.92 Å². The van der Waals surface area contributed by atoms with Crippen LogP contribution < -0.4 is 10.1 Å². The van der Waals surface area contributed by atoms with E-state index in [-0.39, 0.29) is 18.0 Å². The third-order valence-electron chi connectivity index (χ3n) is 2.92. The van der Waals surface area contributed by atoms with Crippen molar-refractivity contribution >= 4 is 11.7 Å². The number of methoxy groups -OCH3 is 1. The second kappa shape index (κ2) is 8.21. The van der Waals surface area contributed by atoms with E-state index in [2.05, 4.69) is 10.1 Å². The first-order chi connectivity index (χ1) is 10.0. The van der Waals surface area contributed by atoms with Gasteiger partial charge < -0.3 is 14.8 Å². The van der Waals surface area contributed by atoms with E-state index in [0.717, 1.165) is 6.42 Å². The molecule has 1 N–H and O–H groups in total. The van der Waals surface area contributed by atoms with Gasteiger partial charge in [-0.1, -0.05) is 19.1 Å². The first-order valence-electron chi connectivity index (χ1n) is 6.69. The van der Waals surface area contributed by atoms with Gasteiger partial charge in [0, 0.05) is 5.56 Å². The first-order valence-corrected chi connectivity index (χ1v) is 6.69. The normalized spacial score (nSPS) is 11.8. The number of hydrogen-bond donors (Lipinski definition) is 1. The van der Waals surface area contributed by atoms with Gasteiger partial charge >= 0.3 is 11.7 Å². The Balaban J connectivity index is 2.82. The molecular formula is C14H20N2O5. The number of hydrogen-bond acceptors (Lipinski definition) is 6. The van der Waals surface area contributed by atoms with Gasteiger partial charge in [0.2, 0.25) is 0 Å². The van der Waals surface area contributed by atoms with Crippen LogP contribution in [-0.2, 0) is 9.53 Å². The van der Waals surface area contributed by atoms with E-state index in [1.165, 1.54) is 13.2 Å². The number of nitro benzene ring substituents is 1. The number of benzene rings is 1. The molecule has 1 aromatic carbocycles. The summed E-state index contributed by atoms with van der Waals surface area (Å²) >= 11 is 0. The Morgan fingerprint density at radius 2 is 2.19 bits per heavy atom. The second-order valence-corrected chi connectivity index (χ2v) is 4.52. The Labute approximate surface area is 123 Å². The highest BCUT2D eigenvalue weighted by molar-refractivity contribution is 5.75. The van der Waals surface area contributed by atoms with Crippen molar-refractivity contribution in [3.63, 3.8) is 0 Å². The monoisotopic (exact) mass is 296 g/mol. The van der Waals surface area contributed by atoms with E-state index >= 15 is 0 Å². The summed E-state index contributed by atoms with van der Waals surface area (Å²) in [5.74, 6) is -0.314. The summed E-state index contributed by atoms with van der Waals surface area (Å²) in [6, 6.07) is 4.16. The maximum Gasteiger partial charge on any atom is 0.326 e. The molecule has 7 heteroatoms. The van der Waals surface area contributed by atoms with Crippen molar-refractivity contribution < 1.29 is 19.2 Å². The number of ether oxygens (including phenoxy) is 2. The van der Waals surface area contributed by atoms with Crippen LogP contribution in [0.2, 0.25) is 0 Å². The van der Waals surface area contributed by atoms with Gasteiger partial charge in [0.1, 0.15) is 12.6 Å². The Hall–Kier alpha value is -2.15. The quantitative estimate of drug-likeness (QED) is 0.447. The van der Waals surface area contributed by atoms with Crippen molar-refractivity contribution in [2.24, 2.45) is 0 Å². The van der Waals surface area contributed by atoms with Crippen molar-refractivity contribution in [1.82, 2.24) is 5.32 Å². The zero-order valence-electron chi connectivity index (χ0n) is 12.4. The molecule has 0 saturated carbocycles. The molecule has 0 aliphatic rings. The number of carbonyl (C=O) groups is 1. The largest absolute Gasteiger partial charge is 0.485 e. The van der Waals surface area contributed by atoms with Gasteiger partial charge in [-0.3, -0.25) is 14.9 Å². The SMILES string of the molecule is CCCNC(COc1cccc(C)c1[N+](=O)[O-])C(=O)OC. The van der Waals surface area contributed by atoms with Crippen molar-refractivity contribution in [3.05, 3.63) is 33.9 Å². The standard InChI is InChI=1S/C14H20N2O5/c1-4-8-15-11(14(17)20-3)9-21-12-7-5-6-10(2)13(12)16(18)19/h5-7,11,15H,4,8-9H2,1-3H3. The lowest BCUT2D eigenvalue weighted by molar-refractivity contribution is -0.386. The van der Waals surface area contributed by atoms with Crippen LogP contribution >= 0.6 is 0 Å². The van der Waals surface area contributed by atoms with Crippen molar-refractivity contribution in [3.8, 4) is 5.75 Å². The molecule has 0 aliphatic heterocycles. The topological polar surface area (TPSA) is 90.7 Å². The molecule has 116 valence electrons. The molecule has 1 rings (SSSR count). The lowest BCUT2D eigenvalue weighted by Gasteiger charge is -2.17. The van der Waals surface area contributed by atoms with Crippen LogP contribution in [0.3, 0.4) is 0 Å². The number of para-hydroxylation sites is 1. The molecular weight excluding hydrogens is 276 g/mol. The molecule has 0 heterocycles. The summed E-state index contributed by atoms with van der Waals surface area (Å²) in [5, 5.41) is 14.1. The van der Waals surface area contributed by atoms with Crippen LogP contribution in [-0.4, -0.2) is 37.2 Å². The highest BCUT2D eigenvalue weighted by Crippen LogP contribution is 2.30. The summed E-state index contributed by atoms with van der Waals surface area (Å²) in [5.41, 5.74) is 0.422. The van der Waals surface area contributed by atoms with Gasteiger partial charge in [0.05, 0.1) is 12.0 Å². The molecule has 0 spiro atoms. The zero-order valence-corrected chi connectivity index (χ0v) is 12.4.